The molecule has 2 N–H and O–H groups in total. The summed E-state index contributed by atoms with van der Waals surface area (Å²) in [5.74, 6) is 0.185. The topological polar surface area (TPSA) is 64.7 Å². The molecule has 6 nitrogen and oxygen atoms in total. The molecule has 2 aromatic rings. The van der Waals surface area contributed by atoms with Crippen molar-refractivity contribution in [3.63, 3.8) is 0 Å². The van der Waals surface area contributed by atoms with Crippen LogP contribution in [0.3, 0.4) is 0 Å². The fraction of sp³-hybridized carbons (Fsp3) is 0.500. The van der Waals surface area contributed by atoms with Crippen LogP contribution in [-0.4, -0.2) is 59.9 Å². The molecule has 4 rings (SSSR count). The average molecular weight is 517 g/mol. The molecular weight excluding hydrogens is 472 g/mol. The Balaban J connectivity index is 1.34. The van der Waals surface area contributed by atoms with Gasteiger partial charge in [0.05, 0.1) is 12.1 Å². The maximum atomic E-state index is 13.2. The second kappa shape index (κ2) is 13.2. The third-order valence-corrected chi connectivity index (χ3v) is 8.14. The summed E-state index contributed by atoms with van der Waals surface area (Å²) in [6, 6.07) is 12.0. The van der Waals surface area contributed by atoms with Gasteiger partial charge in [-0.2, -0.15) is 0 Å². The van der Waals surface area contributed by atoms with Crippen molar-refractivity contribution >= 4 is 23.2 Å². The van der Waals surface area contributed by atoms with Crippen molar-refractivity contribution < 1.29 is 9.59 Å². The van der Waals surface area contributed by atoms with E-state index in [-0.39, 0.29) is 23.9 Å². The van der Waals surface area contributed by atoms with E-state index in [4.69, 9.17) is 0 Å². The molecule has 2 atom stereocenters. The summed E-state index contributed by atoms with van der Waals surface area (Å²) < 4.78 is 0. The third-order valence-electron chi connectivity index (χ3n) is 8.14. The number of nitrogens with one attached hydrogen (secondary N) is 2. The van der Waals surface area contributed by atoms with Crippen molar-refractivity contribution in [2.24, 2.45) is 0 Å². The smallest absolute Gasteiger partial charge is 0.241 e. The maximum Gasteiger partial charge on any atom is 0.241 e. The van der Waals surface area contributed by atoms with Crippen LogP contribution in [0.25, 0.3) is 0 Å². The summed E-state index contributed by atoms with van der Waals surface area (Å²) in [5, 5.41) is 6.42. The molecule has 0 saturated carbocycles. The number of carbonyl (C=O) groups is 2. The highest BCUT2D eigenvalue weighted by atomic mass is 16.2. The van der Waals surface area contributed by atoms with E-state index in [1.54, 1.807) is 0 Å². The minimum atomic E-state index is -0.113. The molecule has 6 heteroatoms. The summed E-state index contributed by atoms with van der Waals surface area (Å²) >= 11 is 0. The summed E-state index contributed by atoms with van der Waals surface area (Å²) in [5.41, 5.74) is 6.26. The number of amides is 2. The molecule has 2 heterocycles. The van der Waals surface area contributed by atoms with Gasteiger partial charge >= 0.3 is 0 Å². The molecule has 38 heavy (non-hydrogen) atoms. The molecule has 2 amide bonds. The van der Waals surface area contributed by atoms with Gasteiger partial charge in [0, 0.05) is 24.5 Å². The van der Waals surface area contributed by atoms with Crippen LogP contribution in [0, 0.1) is 27.7 Å². The SMILES string of the molecule is Cc1cccc(C)c1NC(=O)C1CCCCN1CC=CCN1CCCCC1C(=O)Nc1c(C)cccc1C. The van der Waals surface area contributed by atoms with Crippen molar-refractivity contribution in [1.29, 1.82) is 0 Å². The minimum absolute atomic E-state index is 0.0924. The Morgan fingerprint density at radius 3 is 1.42 bits per heavy atom. The van der Waals surface area contributed by atoms with Gasteiger partial charge in [-0.25, -0.2) is 0 Å². The Morgan fingerprint density at radius 1 is 0.684 bits per heavy atom. The fourth-order valence-electron chi connectivity index (χ4n) is 5.87. The molecular formula is C32H44N4O2. The molecule has 2 aliphatic rings. The van der Waals surface area contributed by atoms with Gasteiger partial charge in [0.2, 0.25) is 11.8 Å². The Bertz CT molecular complexity index is 1030. The Kier molecular flexibility index (Phi) is 9.75. The lowest BCUT2D eigenvalue weighted by Crippen LogP contribution is -2.48. The number of benzene rings is 2. The number of nitrogens with zero attached hydrogens (tertiary/aromatic N) is 2. The summed E-state index contributed by atoms with van der Waals surface area (Å²) in [6.07, 6.45) is 10.5. The predicted molar refractivity (Wildman–Crippen MR) is 157 cm³/mol. The van der Waals surface area contributed by atoms with Gasteiger partial charge in [-0.05, 0) is 88.7 Å². The molecule has 2 unspecified atom stereocenters. The van der Waals surface area contributed by atoms with Crippen LogP contribution in [0.5, 0.6) is 0 Å². The van der Waals surface area contributed by atoms with E-state index in [2.05, 4.69) is 32.6 Å². The van der Waals surface area contributed by atoms with Crippen LogP contribution in [-0.2, 0) is 9.59 Å². The van der Waals surface area contributed by atoms with Crippen molar-refractivity contribution in [3.05, 3.63) is 70.8 Å². The van der Waals surface area contributed by atoms with Crippen LogP contribution >= 0.6 is 0 Å². The zero-order valence-corrected chi connectivity index (χ0v) is 23.6. The lowest BCUT2D eigenvalue weighted by Gasteiger charge is -2.35. The first-order valence-electron chi connectivity index (χ1n) is 14.2. The van der Waals surface area contributed by atoms with E-state index in [0.29, 0.717) is 0 Å². The number of piperidine rings is 2. The lowest BCUT2D eigenvalue weighted by molar-refractivity contribution is -0.123. The second-order valence-corrected chi connectivity index (χ2v) is 11.0. The molecule has 0 bridgehead atoms. The molecule has 0 aromatic heterocycles. The third kappa shape index (κ3) is 6.91. The molecule has 0 aliphatic carbocycles. The van der Waals surface area contributed by atoms with Gasteiger partial charge in [0.25, 0.3) is 0 Å². The average Bonchev–Trinajstić information content (AvgIpc) is 2.91. The molecule has 2 aliphatic heterocycles. The van der Waals surface area contributed by atoms with Crippen LogP contribution in [0.15, 0.2) is 48.6 Å². The first kappa shape index (κ1) is 28.1. The zero-order chi connectivity index (χ0) is 27.1. The molecule has 2 fully saturated rings. The van der Waals surface area contributed by atoms with E-state index in [0.717, 1.165) is 98.3 Å². The van der Waals surface area contributed by atoms with Crippen LogP contribution in [0.4, 0.5) is 11.4 Å². The number of anilines is 2. The standard InChI is InChI=1S/C32H44N4O2/c1-23-13-11-14-24(2)29(23)33-31(37)27-17-5-7-19-35(27)21-9-10-22-36-20-8-6-18-28(36)32(38)34-30-25(3)15-12-16-26(30)4/h9-16,27-28H,5-8,17-22H2,1-4H3,(H,33,37)(H,34,38). The maximum absolute atomic E-state index is 13.2. The second-order valence-electron chi connectivity index (χ2n) is 11.0. The quantitative estimate of drug-likeness (QED) is 0.438. The van der Waals surface area contributed by atoms with E-state index in [1.165, 1.54) is 0 Å². The predicted octanol–water partition coefficient (Wildman–Crippen LogP) is 5.76. The first-order valence-corrected chi connectivity index (χ1v) is 14.2. The van der Waals surface area contributed by atoms with E-state index >= 15 is 0 Å². The minimum Gasteiger partial charge on any atom is -0.324 e. The first-order chi connectivity index (χ1) is 18.3. The monoisotopic (exact) mass is 516 g/mol. The highest BCUT2D eigenvalue weighted by Crippen LogP contribution is 2.25. The summed E-state index contributed by atoms with van der Waals surface area (Å²) in [6.45, 7) is 11.5. The highest BCUT2D eigenvalue weighted by Gasteiger charge is 2.30. The van der Waals surface area contributed by atoms with Crippen molar-refractivity contribution in [2.75, 3.05) is 36.8 Å². The van der Waals surface area contributed by atoms with E-state index in [9.17, 15) is 9.59 Å². The van der Waals surface area contributed by atoms with Gasteiger partial charge in [0.15, 0.2) is 0 Å². The lowest BCUT2D eigenvalue weighted by atomic mass is 10.00. The largest absolute Gasteiger partial charge is 0.324 e. The zero-order valence-electron chi connectivity index (χ0n) is 23.6. The van der Waals surface area contributed by atoms with Crippen molar-refractivity contribution in [2.45, 2.75) is 78.3 Å². The molecule has 2 aromatic carbocycles. The van der Waals surface area contributed by atoms with Crippen LogP contribution in [0.2, 0.25) is 0 Å². The van der Waals surface area contributed by atoms with Gasteiger partial charge in [-0.15, -0.1) is 0 Å². The molecule has 0 spiro atoms. The van der Waals surface area contributed by atoms with Gasteiger partial charge in [-0.3, -0.25) is 19.4 Å². The van der Waals surface area contributed by atoms with E-state index < -0.39 is 0 Å². The number of carbonyl (C=O) groups excluding carboxylic acids is 2. The normalized spacial score (nSPS) is 20.9. The molecule has 2 saturated heterocycles. The number of likely N-dealkylation sites (tertiary alicyclic amines) is 2. The molecule has 0 radical (unpaired) electrons. The van der Waals surface area contributed by atoms with E-state index in [1.807, 2.05) is 64.1 Å². The highest BCUT2D eigenvalue weighted by molar-refractivity contribution is 5.97. The number of hydrogen-bond donors (Lipinski definition) is 2. The molecule has 204 valence electrons. The summed E-state index contributed by atoms with van der Waals surface area (Å²) in [7, 11) is 0. The number of hydrogen-bond acceptors (Lipinski definition) is 4. The van der Waals surface area contributed by atoms with Crippen molar-refractivity contribution in [3.8, 4) is 0 Å². The number of rotatable bonds is 8. The van der Waals surface area contributed by atoms with Crippen LogP contribution < -0.4 is 10.6 Å². The Labute approximate surface area is 228 Å². The van der Waals surface area contributed by atoms with Crippen molar-refractivity contribution in [1.82, 2.24) is 9.80 Å². The number of aryl methyl sites for hydroxylation is 4. The Morgan fingerprint density at radius 2 is 1.05 bits per heavy atom. The van der Waals surface area contributed by atoms with Crippen LogP contribution in [0.1, 0.15) is 60.8 Å². The van der Waals surface area contributed by atoms with Gasteiger partial charge in [0.1, 0.15) is 0 Å². The Hall–Kier alpha value is -2.96. The summed E-state index contributed by atoms with van der Waals surface area (Å²) in [4.78, 5) is 31.1. The van der Waals surface area contributed by atoms with Gasteiger partial charge < -0.3 is 10.6 Å². The number of para-hydroxylation sites is 2. The van der Waals surface area contributed by atoms with Gasteiger partial charge in [-0.1, -0.05) is 61.4 Å². The fourth-order valence-corrected chi connectivity index (χ4v) is 5.87.